The highest BCUT2D eigenvalue weighted by Crippen LogP contribution is 2.18. The maximum atomic E-state index is 11.8. The highest BCUT2D eigenvalue weighted by Gasteiger charge is 2.28. The molecule has 25 heavy (non-hydrogen) atoms. The second kappa shape index (κ2) is 7.84. The van der Waals surface area contributed by atoms with Crippen molar-refractivity contribution in [2.75, 3.05) is 62.8 Å². The van der Waals surface area contributed by atoms with Crippen LogP contribution in [-0.2, 0) is 10.0 Å². The zero-order chi connectivity index (χ0) is 17.9. The summed E-state index contributed by atoms with van der Waals surface area (Å²) in [5.41, 5.74) is 0. The molecule has 0 spiro atoms. The van der Waals surface area contributed by atoms with Gasteiger partial charge < -0.3 is 15.1 Å². The zero-order valence-electron chi connectivity index (χ0n) is 15.1. The van der Waals surface area contributed by atoms with Gasteiger partial charge in [-0.2, -0.15) is 0 Å². The van der Waals surface area contributed by atoms with Crippen LogP contribution in [0.25, 0.3) is 0 Å². The average Bonchev–Trinajstić information content (AvgIpc) is 2.93. The Kier molecular flexibility index (Phi) is 5.75. The van der Waals surface area contributed by atoms with E-state index in [9.17, 15) is 8.42 Å². The van der Waals surface area contributed by atoms with E-state index in [-0.39, 0.29) is 0 Å². The molecule has 0 atom stereocenters. The van der Waals surface area contributed by atoms with E-state index in [0.29, 0.717) is 24.9 Å². The lowest BCUT2D eigenvalue weighted by atomic mass is 10.1. The van der Waals surface area contributed by atoms with E-state index in [0.717, 1.165) is 50.5 Å². The van der Waals surface area contributed by atoms with E-state index >= 15 is 0 Å². The van der Waals surface area contributed by atoms with E-state index in [1.54, 1.807) is 10.6 Å². The second-order valence-corrected chi connectivity index (χ2v) is 9.07. The van der Waals surface area contributed by atoms with Gasteiger partial charge in [0.25, 0.3) is 0 Å². The molecule has 0 bridgehead atoms. The summed E-state index contributed by atoms with van der Waals surface area (Å²) in [6, 6.07) is 2.36. The minimum absolute atomic E-state index is 0.312. The fourth-order valence-electron chi connectivity index (χ4n) is 3.38. The Balaban J connectivity index is 1.43. The van der Waals surface area contributed by atoms with Crippen LogP contribution in [0.5, 0.6) is 0 Å². The third-order valence-corrected chi connectivity index (χ3v) is 6.88. The maximum Gasteiger partial charge on any atom is 0.214 e. The van der Waals surface area contributed by atoms with E-state index in [2.05, 4.69) is 20.2 Å². The van der Waals surface area contributed by atoms with Crippen LogP contribution in [0.1, 0.15) is 19.3 Å². The number of likely N-dealkylation sites (tertiary alicyclic amines) is 1. The number of aromatic nitrogens is 2. The van der Waals surface area contributed by atoms with E-state index < -0.39 is 10.0 Å². The molecule has 3 rings (SSSR count). The molecule has 2 saturated heterocycles. The van der Waals surface area contributed by atoms with Gasteiger partial charge in [-0.3, -0.25) is 0 Å². The summed E-state index contributed by atoms with van der Waals surface area (Å²) in [7, 11) is 0.953. The molecule has 0 saturated carbocycles. The summed E-state index contributed by atoms with van der Waals surface area (Å²) in [5.74, 6) is 2.06. The Labute approximate surface area is 150 Å². The Bertz CT molecular complexity index is 673. The van der Waals surface area contributed by atoms with Crippen molar-refractivity contribution < 1.29 is 8.42 Å². The molecule has 1 N–H and O–H groups in total. The lowest BCUT2D eigenvalue weighted by Crippen LogP contribution is -2.43. The molecule has 0 radical (unpaired) electrons. The summed E-state index contributed by atoms with van der Waals surface area (Å²) in [4.78, 5) is 12.9. The molecule has 2 aliphatic heterocycles. The largest absolute Gasteiger partial charge is 0.367 e. The number of rotatable bonds is 6. The zero-order valence-corrected chi connectivity index (χ0v) is 15.9. The van der Waals surface area contributed by atoms with Gasteiger partial charge >= 0.3 is 0 Å². The first-order valence-electron chi connectivity index (χ1n) is 8.90. The summed E-state index contributed by atoms with van der Waals surface area (Å²) >= 11 is 0. The third kappa shape index (κ3) is 4.80. The van der Waals surface area contributed by atoms with E-state index in [1.807, 2.05) is 25.1 Å². The SMILES string of the molecule is CN(C)c1cc(NC2CCN(CCN3CCCS3(=O)=O)CC2)ncn1. The highest BCUT2D eigenvalue weighted by atomic mass is 32.2. The van der Waals surface area contributed by atoms with Gasteiger partial charge in [-0.05, 0) is 19.3 Å². The van der Waals surface area contributed by atoms with Gasteiger partial charge in [0.15, 0.2) is 0 Å². The molecule has 2 fully saturated rings. The third-order valence-electron chi connectivity index (χ3n) is 4.92. The number of piperidine rings is 1. The highest BCUT2D eigenvalue weighted by molar-refractivity contribution is 7.89. The summed E-state index contributed by atoms with van der Waals surface area (Å²) in [6.07, 6.45) is 4.42. The first-order valence-corrected chi connectivity index (χ1v) is 10.5. The van der Waals surface area contributed by atoms with Crippen LogP contribution < -0.4 is 10.2 Å². The predicted molar refractivity (Wildman–Crippen MR) is 99.4 cm³/mol. The normalized spacial score (nSPS) is 22.2. The van der Waals surface area contributed by atoms with E-state index in [4.69, 9.17) is 0 Å². The number of hydrogen-bond donors (Lipinski definition) is 1. The second-order valence-electron chi connectivity index (χ2n) is 6.98. The van der Waals surface area contributed by atoms with Crippen LogP contribution in [0.4, 0.5) is 11.6 Å². The molecular formula is C16H28N6O2S. The van der Waals surface area contributed by atoms with Crippen LogP contribution >= 0.6 is 0 Å². The van der Waals surface area contributed by atoms with Gasteiger partial charge in [0, 0.05) is 58.9 Å². The average molecular weight is 369 g/mol. The van der Waals surface area contributed by atoms with Gasteiger partial charge in [0.1, 0.15) is 18.0 Å². The lowest BCUT2D eigenvalue weighted by Gasteiger charge is -2.33. The van der Waals surface area contributed by atoms with Crippen LogP contribution in [0, 0.1) is 0 Å². The molecule has 0 aromatic carbocycles. The summed E-state index contributed by atoms with van der Waals surface area (Å²) in [6.45, 7) is 4.10. The number of sulfonamides is 1. The molecule has 140 valence electrons. The Morgan fingerprint density at radius 2 is 1.96 bits per heavy atom. The summed E-state index contributed by atoms with van der Waals surface area (Å²) < 4.78 is 25.3. The fourth-order valence-corrected chi connectivity index (χ4v) is 4.90. The monoisotopic (exact) mass is 368 g/mol. The first-order chi connectivity index (χ1) is 11.9. The van der Waals surface area contributed by atoms with Crippen molar-refractivity contribution in [2.45, 2.75) is 25.3 Å². The standard InChI is InChI=1S/C16H28N6O2S/c1-20(2)16-12-15(17-13-18-16)19-14-4-7-21(8-5-14)9-10-22-6-3-11-25(22,23)24/h12-14H,3-11H2,1-2H3,(H,17,18,19). The van der Waals surface area contributed by atoms with Crippen molar-refractivity contribution in [1.29, 1.82) is 0 Å². The topological polar surface area (TPSA) is 81.7 Å². The molecule has 3 heterocycles. The molecular weight excluding hydrogens is 340 g/mol. The van der Waals surface area contributed by atoms with Crippen molar-refractivity contribution in [1.82, 2.24) is 19.2 Å². The quantitative estimate of drug-likeness (QED) is 0.781. The maximum absolute atomic E-state index is 11.8. The number of hydrogen-bond acceptors (Lipinski definition) is 7. The molecule has 9 heteroatoms. The number of anilines is 2. The summed E-state index contributed by atoms with van der Waals surface area (Å²) in [5, 5.41) is 3.50. The van der Waals surface area contributed by atoms with Crippen LogP contribution in [-0.4, -0.2) is 86.2 Å². The molecule has 0 unspecified atom stereocenters. The van der Waals surface area contributed by atoms with Crippen LogP contribution in [0.15, 0.2) is 12.4 Å². The number of nitrogens with one attached hydrogen (secondary N) is 1. The minimum Gasteiger partial charge on any atom is -0.367 e. The molecule has 0 aliphatic carbocycles. The predicted octanol–water partition coefficient (Wildman–Crippen LogP) is 0.454. The van der Waals surface area contributed by atoms with Crippen molar-refractivity contribution in [3.8, 4) is 0 Å². The molecule has 8 nitrogen and oxygen atoms in total. The first kappa shape index (κ1) is 18.3. The van der Waals surface area contributed by atoms with Crippen LogP contribution in [0.3, 0.4) is 0 Å². The van der Waals surface area contributed by atoms with Gasteiger partial charge in [-0.15, -0.1) is 0 Å². The van der Waals surface area contributed by atoms with Gasteiger partial charge in [-0.25, -0.2) is 22.7 Å². The van der Waals surface area contributed by atoms with Gasteiger partial charge in [0.05, 0.1) is 5.75 Å². The Morgan fingerprint density at radius 3 is 2.60 bits per heavy atom. The van der Waals surface area contributed by atoms with Crippen LogP contribution in [0.2, 0.25) is 0 Å². The lowest BCUT2D eigenvalue weighted by molar-refractivity contribution is 0.206. The van der Waals surface area contributed by atoms with Crippen molar-refractivity contribution in [3.63, 3.8) is 0 Å². The van der Waals surface area contributed by atoms with Crippen molar-refractivity contribution in [2.24, 2.45) is 0 Å². The van der Waals surface area contributed by atoms with Crippen molar-refractivity contribution >= 4 is 21.7 Å². The number of nitrogens with zero attached hydrogens (tertiary/aromatic N) is 5. The minimum atomic E-state index is -2.97. The Morgan fingerprint density at radius 1 is 1.20 bits per heavy atom. The Hall–Kier alpha value is -1.45. The van der Waals surface area contributed by atoms with Crippen molar-refractivity contribution in [3.05, 3.63) is 12.4 Å². The molecule has 0 amide bonds. The van der Waals surface area contributed by atoms with Gasteiger partial charge in [0.2, 0.25) is 10.0 Å². The van der Waals surface area contributed by atoms with Gasteiger partial charge in [-0.1, -0.05) is 0 Å². The molecule has 1 aromatic rings. The molecule has 1 aromatic heterocycles. The molecule has 2 aliphatic rings. The smallest absolute Gasteiger partial charge is 0.214 e. The fraction of sp³-hybridized carbons (Fsp3) is 0.750. The van der Waals surface area contributed by atoms with E-state index in [1.165, 1.54) is 0 Å².